The summed E-state index contributed by atoms with van der Waals surface area (Å²) < 4.78 is 19.1. The smallest absolute Gasteiger partial charge is 0.134 e. The molecule has 0 radical (unpaired) electrons. The largest absolute Gasteiger partial charge is 0.464 e. The average molecular weight is 255 g/mol. The number of hydrogen-bond acceptors (Lipinski definition) is 2. The van der Waals surface area contributed by atoms with Gasteiger partial charge in [-0.25, -0.2) is 4.39 Å². The first kappa shape index (κ1) is 11.9. The van der Waals surface area contributed by atoms with Crippen molar-refractivity contribution in [3.63, 3.8) is 0 Å². The summed E-state index contributed by atoms with van der Waals surface area (Å²) in [5.74, 6) is -0.217. The molecule has 1 heterocycles. The lowest BCUT2D eigenvalue weighted by Gasteiger charge is -2.10. The summed E-state index contributed by atoms with van der Waals surface area (Å²) in [6.45, 7) is 0. The molecule has 0 fully saturated rings. The number of benzene rings is 2. The average Bonchev–Trinajstić information content (AvgIpc) is 2.85. The third kappa shape index (κ3) is 2.25. The van der Waals surface area contributed by atoms with Gasteiger partial charge in [0.2, 0.25) is 0 Å². The summed E-state index contributed by atoms with van der Waals surface area (Å²) in [4.78, 5) is 0. The molecule has 0 spiro atoms. The summed E-state index contributed by atoms with van der Waals surface area (Å²) in [5, 5.41) is 0.992. The fourth-order valence-electron chi connectivity index (χ4n) is 2.30. The van der Waals surface area contributed by atoms with Gasteiger partial charge >= 0.3 is 0 Å². The topological polar surface area (TPSA) is 39.2 Å². The van der Waals surface area contributed by atoms with Crippen LogP contribution in [0.1, 0.15) is 17.2 Å². The predicted molar refractivity (Wildman–Crippen MR) is 73.2 cm³/mol. The van der Waals surface area contributed by atoms with Crippen LogP contribution in [0.4, 0.5) is 4.39 Å². The zero-order chi connectivity index (χ0) is 13.2. The number of hydrogen-bond donors (Lipinski definition) is 1. The highest BCUT2D eigenvalue weighted by molar-refractivity contribution is 5.81. The van der Waals surface area contributed by atoms with E-state index in [2.05, 4.69) is 0 Å². The molecule has 96 valence electrons. The molecule has 1 unspecified atom stereocenters. The first-order chi connectivity index (χ1) is 9.25. The highest BCUT2D eigenvalue weighted by Crippen LogP contribution is 2.27. The van der Waals surface area contributed by atoms with Gasteiger partial charge in [0.25, 0.3) is 0 Å². The van der Waals surface area contributed by atoms with Gasteiger partial charge in [-0.2, -0.15) is 0 Å². The Morgan fingerprint density at radius 1 is 1.05 bits per heavy atom. The van der Waals surface area contributed by atoms with Crippen LogP contribution in [0.5, 0.6) is 0 Å². The molecule has 0 saturated heterocycles. The highest BCUT2D eigenvalue weighted by Gasteiger charge is 2.15. The van der Waals surface area contributed by atoms with Gasteiger partial charge in [0.05, 0.1) is 6.26 Å². The van der Waals surface area contributed by atoms with Crippen LogP contribution in [-0.2, 0) is 6.42 Å². The van der Waals surface area contributed by atoms with Crippen molar-refractivity contribution in [2.45, 2.75) is 12.5 Å². The number of fused-ring (bicyclic) bond motifs is 1. The van der Waals surface area contributed by atoms with Crippen LogP contribution in [0.2, 0.25) is 0 Å². The lowest BCUT2D eigenvalue weighted by Crippen LogP contribution is -2.13. The van der Waals surface area contributed by atoms with Crippen molar-refractivity contribution in [3.8, 4) is 0 Å². The molecule has 0 aliphatic heterocycles. The Balaban J connectivity index is 1.92. The van der Waals surface area contributed by atoms with Crippen LogP contribution < -0.4 is 5.73 Å². The Hall–Kier alpha value is -2.13. The van der Waals surface area contributed by atoms with Crippen LogP contribution in [0.15, 0.2) is 59.2 Å². The number of furan rings is 1. The number of halogens is 1. The Labute approximate surface area is 110 Å². The van der Waals surface area contributed by atoms with Crippen LogP contribution in [0, 0.1) is 5.82 Å². The normalized spacial score (nSPS) is 12.7. The number of nitrogens with two attached hydrogens (primary N) is 1. The Kier molecular flexibility index (Phi) is 3.05. The van der Waals surface area contributed by atoms with Gasteiger partial charge in [-0.1, -0.05) is 36.4 Å². The molecule has 3 rings (SSSR count). The summed E-state index contributed by atoms with van der Waals surface area (Å²) in [7, 11) is 0. The number of rotatable bonds is 3. The highest BCUT2D eigenvalue weighted by atomic mass is 19.1. The van der Waals surface area contributed by atoms with Gasteiger partial charge in [0, 0.05) is 17.0 Å². The van der Waals surface area contributed by atoms with Crippen molar-refractivity contribution >= 4 is 11.0 Å². The van der Waals surface area contributed by atoms with E-state index in [-0.39, 0.29) is 11.9 Å². The van der Waals surface area contributed by atoms with E-state index in [1.807, 2.05) is 30.3 Å². The van der Waals surface area contributed by atoms with Crippen molar-refractivity contribution < 1.29 is 8.81 Å². The van der Waals surface area contributed by atoms with Gasteiger partial charge in [0.15, 0.2) is 0 Å². The minimum atomic E-state index is -0.277. The van der Waals surface area contributed by atoms with Crippen LogP contribution in [0.25, 0.3) is 11.0 Å². The summed E-state index contributed by atoms with van der Waals surface area (Å²) in [6.07, 6.45) is 2.12. The molecule has 0 bridgehead atoms. The standard InChI is InChI=1S/C16H14FNO/c17-14-7-3-1-5-11(14)9-15(18)13-10-19-16-8-4-2-6-12(13)16/h1-8,10,15H,9,18H2. The van der Waals surface area contributed by atoms with Gasteiger partial charge in [-0.05, 0) is 24.1 Å². The summed E-state index contributed by atoms with van der Waals surface area (Å²) in [5.41, 5.74) is 8.53. The molecule has 0 aliphatic carbocycles. The second-order valence-corrected chi connectivity index (χ2v) is 4.59. The second kappa shape index (κ2) is 4.86. The van der Waals surface area contributed by atoms with Crippen molar-refractivity contribution in [2.24, 2.45) is 5.73 Å². The Morgan fingerprint density at radius 3 is 2.63 bits per heavy atom. The SMILES string of the molecule is NC(Cc1ccccc1F)c1coc2ccccc12. The molecule has 1 atom stereocenters. The fraction of sp³-hybridized carbons (Fsp3) is 0.125. The monoisotopic (exact) mass is 255 g/mol. The first-order valence-corrected chi connectivity index (χ1v) is 6.21. The van der Waals surface area contributed by atoms with E-state index in [9.17, 15) is 4.39 Å². The third-order valence-corrected chi connectivity index (χ3v) is 3.31. The molecule has 19 heavy (non-hydrogen) atoms. The minimum Gasteiger partial charge on any atom is -0.464 e. The second-order valence-electron chi connectivity index (χ2n) is 4.59. The zero-order valence-electron chi connectivity index (χ0n) is 10.3. The van der Waals surface area contributed by atoms with Crippen molar-refractivity contribution in [2.75, 3.05) is 0 Å². The maximum Gasteiger partial charge on any atom is 0.134 e. The first-order valence-electron chi connectivity index (χ1n) is 6.21. The number of para-hydroxylation sites is 1. The molecule has 2 aromatic carbocycles. The van der Waals surface area contributed by atoms with Crippen molar-refractivity contribution in [3.05, 3.63) is 71.7 Å². The third-order valence-electron chi connectivity index (χ3n) is 3.31. The van der Waals surface area contributed by atoms with Gasteiger partial charge in [0.1, 0.15) is 11.4 Å². The Morgan fingerprint density at radius 2 is 1.79 bits per heavy atom. The maximum atomic E-state index is 13.6. The predicted octanol–water partition coefficient (Wildman–Crippen LogP) is 3.81. The molecule has 3 heteroatoms. The van der Waals surface area contributed by atoms with E-state index in [0.29, 0.717) is 12.0 Å². The molecule has 0 saturated carbocycles. The van der Waals surface area contributed by atoms with Crippen molar-refractivity contribution in [1.82, 2.24) is 0 Å². The molecule has 2 N–H and O–H groups in total. The lowest BCUT2D eigenvalue weighted by atomic mass is 9.99. The molecular weight excluding hydrogens is 241 g/mol. The van der Waals surface area contributed by atoms with Gasteiger partial charge in [-0.3, -0.25) is 0 Å². The molecule has 0 amide bonds. The van der Waals surface area contributed by atoms with Crippen LogP contribution >= 0.6 is 0 Å². The summed E-state index contributed by atoms with van der Waals surface area (Å²) in [6, 6.07) is 14.2. The molecular formula is C16H14FNO. The molecule has 3 aromatic rings. The molecule has 1 aromatic heterocycles. The quantitative estimate of drug-likeness (QED) is 0.772. The van der Waals surface area contributed by atoms with Gasteiger partial charge < -0.3 is 10.2 Å². The maximum absolute atomic E-state index is 13.6. The van der Waals surface area contributed by atoms with Crippen LogP contribution in [-0.4, -0.2) is 0 Å². The molecule has 0 aliphatic rings. The van der Waals surface area contributed by atoms with Gasteiger partial charge in [-0.15, -0.1) is 0 Å². The lowest BCUT2D eigenvalue weighted by molar-refractivity contribution is 0.581. The summed E-state index contributed by atoms with van der Waals surface area (Å²) >= 11 is 0. The van der Waals surface area contributed by atoms with E-state index >= 15 is 0 Å². The van der Waals surface area contributed by atoms with E-state index < -0.39 is 0 Å². The van der Waals surface area contributed by atoms with E-state index in [4.69, 9.17) is 10.2 Å². The molecule has 2 nitrogen and oxygen atoms in total. The zero-order valence-corrected chi connectivity index (χ0v) is 10.3. The van der Waals surface area contributed by atoms with E-state index in [1.54, 1.807) is 18.4 Å². The minimum absolute atomic E-state index is 0.217. The van der Waals surface area contributed by atoms with Crippen molar-refractivity contribution in [1.29, 1.82) is 0 Å². The Bertz CT molecular complexity index is 705. The van der Waals surface area contributed by atoms with E-state index in [0.717, 1.165) is 16.5 Å². The fourth-order valence-corrected chi connectivity index (χ4v) is 2.30. The van der Waals surface area contributed by atoms with Crippen LogP contribution in [0.3, 0.4) is 0 Å². The van der Waals surface area contributed by atoms with E-state index in [1.165, 1.54) is 6.07 Å².